The Hall–Kier alpha value is -1.09. The molecule has 0 saturated heterocycles. The second kappa shape index (κ2) is 9.56. The first kappa shape index (κ1) is 20.2. The van der Waals surface area contributed by atoms with Crippen molar-refractivity contribution in [1.82, 2.24) is 14.7 Å². The molecule has 1 aromatic carbocycles. The third kappa shape index (κ3) is 5.44. The fourth-order valence-electron chi connectivity index (χ4n) is 2.39. The molecule has 0 unspecified atom stereocenters. The van der Waals surface area contributed by atoms with Crippen molar-refractivity contribution in [2.24, 2.45) is 0 Å². The molecule has 2 aromatic rings. The minimum Gasteiger partial charge on any atom is -0.493 e. The first-order valence-electron chi connectivity index (χ1n) is 8.09. The van der Waals surface area contributed by atoms with Gasteiger partial charge in [-0.2, -0.15) is 5.10 Å². The number of aryl methyl sites for hydroxylation is 1. The van der Waals surface area contributed by atoms with E-state index in [0.29, 0.717) is 6.67 Å². The van der Waals surface area contributed by atoms with Crippen LogP contribution in [0.5, 0.6) is 11.5 Å². The summed E-state index contributed by atoms with van der Waals surface area (Å²) >= 11 is 8.80. The topological polar surface area (TPSA) is 39.5 Å². The van der Waals surface area contributed by atoms with Gasteiger partial charge in [0.15, 0.2) is 19.8 Å². The fraction of sp³-hybridized carbons (Fsp3) is 0.529. The molecule has 0 atom stereocenters. The number of methoxy groups -OCH3 is 2. The van der Waals surface area contributed by atoms with Crippen molar-refractivity contribution in [2.75, 3.05) is 27.0 Å². The second-order valence-electron chi connectivity index (χ2n) is 5.77. The summed E-state index contributed by atoms with van der Waals surface area (Å²) in [6.07, 6.45) is 1.13. The summed E-state index contributed by atoms with van der Waals surface area (Å²) in [5, 5.41) is 4.62. The van der Waals surface area contributed by atoms with E-state index in [9.17, 15) is 0 Å². The molecular formula is C17H25N3O2S3. The molecule has 8 heteroatoms. The van der Waals surface area contributed by atoms with E-state index >= 15 is 0 Å². The molecule has 1 aromatic heterocycles. The molecule has 0 N–H and O–H groups in total. The van der Waals surface area contributed by atoms with E-state index in [2.05, 4.69) is 30.9 Å². The zero-order valence-electron chi connectivity index (χ0n) is 15.4. The summed E-state index contributed by atoms with van der Waals surface area (Å²) < 4.78 is 14.5. The monoisotopic (exact) mass is 399 g/mol. The maximum absolute atomic E-state index is 5.45. The standard InChI is InChI=1S/C17H25N3O2S3/c1-6-7-24-16-18-20(17(23)25-16)11-19(3)10-13-9-15(22-5)14(21-4)8-12(13)2/h8-9H,6-7,10-11H2,1-5H3. The van der Waals surface area contributed by atoms with Crippen LogP contribution >= 0.6 is 35.3 Å². The van der Waals surface area contributed by atoms with E-state index < -0.39 is 0 Å². The van der Waals surface area contributed by atoms with Crippen molar-refractivity contribution >= 4 is 35.3 Å². The lowest BCUT2D eigenvalue weighted by atomic mass is 10.1. The molecule has 0 radical (unpaired) electrons. The van der Waals surface area contributed by atoms with Crippen LogP contribution in [0, 0.1) is 10.9 Å². The second-order valence-corrected chi connectivity index (χ2v) is 8.74. The molecule has 0 fully saturated rings. The summed E-state index contributed by atoms with van der Waals surface area (Å²) in [4.78, 5) is 2.19. The Morgan fingerprint density at radius 1 is 1.28 bits per heavy atom. The molecule has 0 bridgehead atoms. The largest absolute Gasteiger partial charge is 0.493 e. The highest BCUT2D eigenvalue weighted by atomic mass is 32.2. The van der Waals surface area contributed by atoms with Gasteiger partial charge in [0, 0.05) is 12.3 Å². The molecule has 0 aliphatic rings. The van der Waals surface area contributed by atoms with Crippen LogP contribution in [-0.2, 0) is 13.2 Å². The van der Waals surface area contributed by atoms with E-state index in [1.54, 1.807) is 37.3 Å². The zero-order chi connectivity index (χ0) is 18.4. The van der Waals surface area contributed by atoms with Gasteiger partial charge in [-0.25, -0.2) is 4.68 Å². The summed E-state index contributed by atoms with van der Waals surface area (Å²) in [5.41, 5.74) is 2.37. The summed E-state index contributed by atoms with van der Waals surface area (Å²) in [6, 6.07) is 4.05. The Bertz CT molecular complexity index is 758. The lowest BCUT2D eigenvalue weighted by Crippen LogP contribution is -2.23. The van der Waals surface area contributed by atoms with Crippen LogP contribution in [0.15, 0.2) is 16.5 Å². The lowest BCUT2D eigenvalue weighted by molar-refractivity contribution is 0.242. The molecule has 0 aliphatic heterocycles. The molecule has 5 nitrogen and oxygen atoms in total. The van der Waals surface area contributed by atoms with Gasteiger partial charge in [-0.05, 0) is 55.9 Å². The molecule has 1 heterocycles. The number of hydrogen-bond donors (Lipinski definition) is 0. The summed E-state index contributed by atoms with van der Waals surface area (Å²) in [5.74, 6) is 2.58. The van der Waals surface area contributed by atoms with E-state index in [1.165, 1.54) is 11.1 Å². The maximum atomic E-state index is 5.45. The number of nitrogens with zero attached hydrogens (tertiary/aromatic N) is 3. The molecule has 138 valence electrons. The number of hydrogen-bond acceptors (Lipinski definition) is 7. The highest BCUT2D eigenvalue weighted by Gasteiger charge is 2.12. The highest BCUT2D eigenvalue weighted by molar-refractivity contribution is 8.01. The van der Waals surface area contributed by atoms with Gasteiger partial charge < -0.3 is 9.47 Å². The summed E-state index contributed by atoms with van der Waals surface area (Å²) in [6.45, 7) is 5.69. The van der Waals surface area contributed by atoms with Crippen molar-refractivity contribution in [1.29, 1.82) is 0 Å². The van der Waals surface area contributed by atoms with Gasteiger partial charge in [0.25, 0.3) is 0 Å². The van der Waals surface area contributed by atoms with Crippen LogP contribution < -0.4 is 9.47 Å². The van der Waals surface area contributed by atoms with E-state index in [-0.39, 0.29) is 0 Å². The first-order chi connectivity index (χ1) is 12.0. The van der Waals surface area contributed by atoms with Crippen LogP contribution in [-0.4, -0.2) is 41.7 Å². The number of benzene rings is 1. The molecule has 0 amide bonds. The highest BCUT2D eigenvalue weighted by Crippen LogP contribution is 2.31. The number of rotatable bonds is 9. The van der Waals surface area contributed by atoms with Crippen molar-refractivity contribution < 1.29 is 9.47 Å². The molecular weight excluding hydrogens is 374 g/mol. The minimum atomic E-state index is 0.663. The zero-order valence-corrected chi connectivity index (χ0v) is 17.8. The van der Waals surface area contributed by atoms with E-state index in [0.717, 1.165) is 38.5 Å². The quantitative estimate of drug-likeness (QED) is 0.454. The maximum Gasteiger partial charge on any atom is 0.181 e. The van der Waals surface area contributed by atoms with Gasteiger partial charge in [-0.15, -0.1) is 0 Å². The smallest absolute Gasteiger partial charge is 0.181 e. The van der Waals surface area contributed by atoms with E-state index in [1.807, 2.05) is 16.8 Å². The van der Waals surface area contributed by atoms with Crippen LogP contribution in [0.1, 0.15) is 24.5 Å². The van der Waals surface area contributed by atoms with Gasteiger partial charge >= 0.3 is 0 Å². The molecule has 0 saturated carbocycles. The van der Waals surface area contributed by atoms with Crippen molar-refractivity contribution in [3.63, 3.8) is 0 Å². The van der Waals surface area contributed by atoms with Crippen molar-refractivity contribution in [2.45, 2.75) is 37.8 Å². The van der Waals surface area contributed by atoms with Gasteiger partial charge in [0.05, 0.1) is 20.9 Å². The van der Waals surface area contributed by atoms with Crippen molar-refractivity contribution in [3.8, 4) is 11.5 Å². The predicted molar refractivity (Wildman–Crippen MR) is 108 cm³/mol. The molecule has 0 aliphatic carbocycles. The van der Waals surface area contributed by atoms with Crippen LogP contribution in [0.25, 0.3) is 0 Å². The van der Waals surface area contributed by atoms with E-state index in [4.69, 9.17) is 21.7 Å². The minimum absolute atomic E-state index is 0.663. The van der Waals surface area contributed by atoms with Gasteiger partial charge in [0.1, 0.15) is 0 Å². The first-order valence-corrected chi connectivity index (χ1v) is 10.3. The van der Waals surface area contributed by atoms with Gasteiger partial charge in [-0.3, -0.25) is 4.90 Å². The Morgan fingerprint density at radius 2 is 1.96 bits per heavy atom. The van der Waals surface area contributed by atoms with Gasteiger partial charge in [-0.1, -0.05) is 30.0 Å². The number of thioether (sulfide) groups is 1. The molecule has 0 spiro atoms. The average Bonchev–Trinajstić information content (AvgIpc) is 2.93. The number of aromatic nitrogens is 2. The van der Waals surface area contributed by atoms with Crippen molar-refractivity contribution in [3.05, 3.63) is 27.2 Å². The SMILES string of the molecule is CCCSc1nn(CN(C)Cc2cc(OC)c(OC)cc2C)c(=S)s1. The predicted octanol–water partition coefficient (Wildman–Crippen LogP) is 4.59. The average molecular weight is 400 g/mol. The third-order valence-corrected chi connectivity index (χ3v) is 6.32. The Labute approximate surface area is 162 Å². The van der Waals surface area contributed by atoms with Gasteiger partial charge in [0.2, 0.25) is 0 Å². The van der Waals surface area contributed by atoms with Crippen LogP contribution in [0.4, 0.5) is 0 Å². The fourth-order valence-corrected chi connectivity index (χ4v) is 4.63. The number of ether oxygens (including phenoxy) is 2. The van der Waals surface area contributed by atoms with Crippen LogP contribution in [0.3, 0.4) is 0 Å². The summed E-state index contributed by atoms with van der Waals surface area (Å²) in [7, 11) is 5.38. The Kier molecular flexibility index (Phi) is 7.74. The third-order valence-electron chi connectivity index (χ3n) is 3.68. The van der Waals surface area contributed by atoms with Crippen LogP contribution in [0.2, 0.25) is 0 Å². The normalized spacial score (nSPS) is 11.1. The Morgan fingerprint density at radius 3 is 2.60 bits per heavy atom. The molecule has 2 rings (SSSR count). The Balaban J connectivity index is 2.09. The molecule has 25 heavy (non-hydrogen) atoms. The lowest BCUT2D eigenvalue weighted by Gasteiger charge is -2.19.